The SMILES string of the molecule is O=C(O)c1cc(-n2cc(I)cn2)ccc1Cl. The molecule has 1 aromatic carbocycles. The van der Waals surface area contributed by atoms with E-state index >= 15 is 0 Å². The van der Waals surface area contributed by atoms with Gasteiger partial charge in [0, 0.05) is 6.20 Å². The van der Waals surface area contributed by atoms with Crippen LogP contribution in [0.25, 0.3) is 5.69 Å². The first-order valence-electron chi connectivity index (χ1n) is 4.31. The molecular formula is C10H6ClIN2O2. The Balaban J connectivity index is 2.51. The molecule has 0 aliphatic rings. The van der Waals surface area contributed by atoms with Gasteiger partial charge in [0.15, 0.2) is 0 Å². The molecule has 0 bridgehead atoms. The summed E-state index contributed by atoms with van der Waals surface area (Å²) in [5.74, 6) is -1.05. The molecule has 0 fully saturated rings. The van der Waals surface area contributed by atoms with Crippen molar-refractivity contribution in [3.8, 4) is 5.69 Å². The monoisotopic (exact) mass is 348 g/mol. The van der Waals surface area contributed by atoms with Gasteiger partial charge in [-0.25, -0.2) is 9.48 Å². The molecule has 6 heteroatoms. The van der Waals surface area contributed by atoms with Crippen LogP contribution in [-0.2, 0) is 0 Å². The van der Waals surface area contributed by atoms with Crippen molar-refractivity contribution in [2.75, 3.05) is 0 Å². The number of carboxylic acids is 1. The number of hydrogen-bond acceptors (Lipinski definition) is 2. The molecule has 1 heterocycles. The predicted molar refractivity (Wildman–Crippen MR) is 68.3 cm³/mol. The first kappa shape index (κ1) is 11.4. The minimum absolute atomic E-state index is 0.0738. The fraction of sp³-hybridized carbons (Fsp3) is 0. The van der Waals surface area contributed by atoms with Crippen molar-refractivity contribution in [1.82, 2.24) is 9.78 Å². The van der Waals surface area contributed by atoms with Crippen LogP contribution in [0.15, 0.2) is 30.6 Å². The Bertz CT molecular complexity index is 554. The van der Waals surface area contributed by atoms with Crippen molar-refractivity contribution in [3.63, 3.8) is 0 Å². The van der Waals surface area contributed by atoms with Gasteiger partial charge in [-0.1, -0.05) is 11.6 Å². The fourth-order valence-corrected chi connectivity index (χ4v) is 1.85. The summed E-state index contributed by atoms with van der Waals surface area (Å²) in [5.41, 5.74) is 0.745. The van der Waals surface area contributed by atoms with E-state index in [4.69, 9.17) is 16.7 Å². The van der Waals surface area contributed by atoms with Gasteiger partial charge >= 0.3 is 5.97 Å². The van der Waals surface area contributed by atoms with Crippen molar-refractivity contribution in [2.45, 2.75) is 0 Å². The zero-order valence-corrected chi connectivity index (χ0v) is 10.8. The standard InChI is InChI=1S/C10H6ClIN2O2/c11-9-2-1-7(3-8(9)10(15)16)14-5-6(12)4-13-14/h1-5H,(H,15,16). The van der Waals surface area contributed by atoms with Crippen LogP contribution in [0.3, 0.4) is 0 Å². The summed E-state index contributed by atoms with van der Waals surface area (Å²) in [6, 6.07) is 4.76. The van der Waals surface area contributed by atoms with E-state index in [-0.39, 0.29) is 10.6 Å². The highest BCUT2D eigenvalue weighted by molar-refractivity contribution is 14.1. The average molecular weight is 349 g/mol. The van der Waals surface area contributed by atoms with E-state index < -0.39 is 5.97 Å². The summed E-state index contributed by atoms with van der Waals surface area (Å²) in [5, 5.41) is 13.2. The molecule has 0 saturated heterocycles. The highest BCUT2D eigenvalue weighted by atomic mass is 127. The molecule has 0 amide bonds. The summed E-state index contributed by atoms with van der Waals surface area (Å²) < 4.78 is 2.58. The lowest BCUT2D eigenvalue weighted by Crippen LogP contribution is -2.01. The van der Waals surface area contributed by atoms with E-state index in [0.717, 1.165) is 3.57 Å². The molecule has 0 spiro atoms. The summed E-state index contributed by atoms with van der Waals surface area (Å²) in [6.07, 6.45) is 3.49. The Morgan fingerprint density at radius 1 is 1.50 bits per heavy atom. The largest absolute Gasteiger partial charge is 0.478 e. The molecule has 16 heavy (non-hydrogen) atoms. The van der Waals surface area contributed by atoms with E-state index in [1.54, 1.807) is 29.2 Å². The molecule has 2 aromatic rings. The molecule has 0 aliphatic carbocycles. The van der Waals surface area contributed by atoms with E-state index in [1.165, 1.54) is 6.07 Å². The maximum atomic E-state index is 10.9. The number of carboxylic acid groups (broad SMARTS) is 1. The summed E-state index contributed by atoms with van der Waals surface area (Å²) >= 11 is 7.90. The van der Waals surface area contributed by atoms with Crippen molar-refractivity contribution in [1.29, 1.82) is 0 Å². The lowest BCUT2D eigenvalue weighted by atomic mass is 10.2. The molecule has 4 nitrogen and oxygen atoms in total. The van der Waals surface area contributed by atoms with E-state index in [2.05, 4.69) is 27.7 Å². The van der Waals surface area contributed by atoms with Gasteiger partial charge in [-0.05, 0) is 40.8 Å². The van der Waals surface area contributed by atoms with Crippen LogP contribution in [0.4, 0.5) is 0 Å². The van der Waals surface area contributed by atoms with Crippen molar-refractivity contribution >= 4 is 40.2 Å². The fourth-order valence-electron chi connectivity index (χ4n) is 1.26. The molecule has 1 aromatic heterocycles. The van der Waals surface area contributed by atoms with Crippen LogP contribution in [-0.4, -0.2) is 20.9 Å². The molecule has 0 radical (unpaired) electrons. The Morgan fingerprint density at radius 2 is 2.25 bits per heavy atom. The molecule has 0 saturated carbocycles. The lowest BCUT2D eigenvalue weighted by Gasteiger charge is -2.04. The summed E-state index contributed by atoms with van der Waals surface area (Å²) in [4.78, 5) is 10.9. The Labute approximate surface area is 110 Å². The molecular weight excluding hydrogens is 342 g/mol. The number of nitrogens with zero attached hydrogens (tertiary/aromatic N) is 2. The average Bonchev–Trinajstić information content (AvgIpc) is 2.65. The third kappa shape index (κ3) is 2.19. The Kier molecular flexibility index (Phi) is 3.15. The second-order valence-corrected chi connectivity index (χ2v) is 4.73. The first-order valence-corrected chi connectivity index (χ1v) is 5.77. The highest BCUT2D eigenvalue weighted by Gasteiger charge is 2.10. The van der Waals surface area contributed by atoms with Gasteiger partial charge in [-0.15, -0.1) is 0 Å². The van der Waals surface area contributed by atoms with Gasteiger partial charge in [0.1, 0.15) is 0 Å². The maximum absolute atomic E-state index is 10.9. The highest BCUT2D eigenvalue weighted by Crippen LogP contribution is 2.20. The predicted octanol–water partition coefficient (Wildman–Crippen LogP) is 2.83. The van der Waals surface area contributed by atoms with E-state index in [0.29, 0.717) is 5.69 Å². The molecule has 0 atom stereocenters. The van der Waals surface area contributed by atoms with Gasteiger partial charge in [-0.2, -0.15) is 5.10 Å². The van der Waals surface area contributed by atoms with Gasteiger partial charge < -0.3 is 5.11 Å². The van der Waals surface area contributed by atoms with E-state index in [9.17, 15) is 4.79 Å². The first-order chi connectivity index (χ1) is 7.58. The minimum Gasteiger partial charge on any atom is -0.478 e. The molecule has 2 rings (SSSR count). The minimum atomic E-state index is -1.05. The van der Waals surface area contributed by atoms with Crippen molar-refractivity contribution < 1.29 is 9.90 Å². The zero-order chi connectivity index (χ0) is 11.7. The van der Waals surface area contributed by atoms with Crippen LogP contribution in [0.1, 0.15) is 10.4 Å². The van der Waals surface area contributed by atoms with Crippen LogP contribution in [0.2, 0.25) is 5.02 Å². The van der Waals surface area contributed by atoms with Crippen LogP contribution >= 0.6 is 34.2 Å². The second-order valence-electron chi connectivity index (χ2n) is 3.07. The molecule has 0 aliphatic heterocycles. The van der Waals surface area contributed by atoms with Gasteiger partial charge in [-0.3, -0.25) is 0 Å². The van der Waals surface area contributed by atoms with E-state index in [1.807, 2.05) is 0 Å². The van der Waals surface area contributed by atoms with Gasteiger partial charge in [0.25, 0.3) is 0 Å². The molecule has 0 unspecified atom stereocenters. The normalized spacial score (nSPS) is 10.4. The maximum Gasteiger partial charge on any atom is 0.337 e. The Hall–Kier alpha value is -1.08. The second kappa shape index (κ2) is 4.42. The van der Waals surface area contributed by atoms with Crippen molar-refractivity contribution in [3.05, 3.63) is 44.7 Å². The van der Waals surface area contributed by atoms with Gasteiger partial charge in [0.2, 0.25) is 0 Å². The molecule has 1 N–H and O–H groups in total. The number of benzene rings is 1. The quantitative estimate of drug-likeness (QED) is 0.849. The topological polar surface area (TPSA) is 55.1 Å². The van der Waals surface area contributed by atoms with Gasteiger partial charge in [0.05, 0.1) is 26.0 Å². The summed E-state index contributed by atoms with van der Waals surface area (Å²) in [7, 11) is 0. The van der Waals surface area contributed by atoms with Crippen molar-refractivity contribution in [2.24, 2.45) is 0 Å². The number of halogens is 2. The third-order valence-electron chi connectivity index (χ3n) is 2.00. The van der Waals surface area contributed by atoms with Crippen LogP contribution in [0, 0.1) is 3.57 Å². The van der Waals surface area contributed by atoms with Crippen LogP contribution in [0.5, 0.6) is 0 Å². The van der Waals surface area contributed by atoms with Crippen LogP contribution < -0.4 is 0 Å². The number of carbonyl (C=O) groups is 1. The Morgan fingerprint density at radius 3 is 2.81 bits per heavy atom. The molecule has 82 valence electrons. The zero-order valence-electron chi connectivity index (χ0n) is 7.89. The number of aromatic carboxylic acids is 1. The number of aromatic nitrogens is 2. The third-order valence-corrected chi connectivity index (χ3v) is 2.88. The lowest BCUT2D eigenvalue weighted by molar-refractivity contribution is 0.0697. The number of hydrogen-bond donors (Lipinski definition) is 1. The number of rotatable bonds is 2. The smallest absolute Gasteiger partial charge is 0.337 e. The summed E-state index contributed by atoms with van der Waals surface area (Å²) in [6.45, 7) is 0.